The van der Waals surface area contributed by atoms with Gasteiger partial charge in [-0.1, -0.05) is 78.6 Å². The molecule has 1 atom stereocenters. The van der Waals surface area contributed by atoms with Crippen molar-refractivity contribution in [3.63, 3.8) is 0 Å². The average molecular weight is 535 g/mol. The van der Waals surface area contributed by atoms with Gasteiger partial charge in [-0.15, -0.1) is 10.2 Å². The Morgan fingerprint density at radius 3 is 2.46 bits per heavy atom. The molecule has 0 aliphatic carbocycles. The van der Waals surface area contributed by atoms with E-state index in [0.717, 1.165) is 49.3 Å². The van der Waals surface area contributed by atoms with Crippen LogP contribution < -0.4 is 5.32 Å². The predicted molar refractivity (Wildman–Crippen MR) is 147 cm³/mol. The fourth-order valence-corrected chi connectivity index (χ4v) is 4.84. The van der Waals surface area contributed by atoms with E-state index in [9.17, 15) is 4.79 Å². The van der Waals surface area contributed by atoms with Crippen LogP contribution in [0.4, 0.5) is 0 Å². The van der Waals surface area contributed by atoms with E-state index in [-0.39, 0.29) is 17.7 Å². The van der Waals surface area contributed by atoms with Crippen molar-refractivity contribution in [2.45, 2.75) is 51.7 Å². The summed E-state index contributed by atoms with van der Waals surface area (Å²) in [4.78, 5) is 15.1. The van der Waals surface area contributed by atoms with Crippen LogP contribution >= 0.6 is 35.0 Å². The van der Waals surface area contributed by atoms with Gasteiger partial charge in [-0.2, -0.15) is 0 Å². The maximum absolute atomic E-state index is 12.7. The number of halogens is 2. The number of nitrogens with one attached hydrogen (secondary N) is 1. The van der Waals surface area contributed by atoms with Gasteiger partial charge in [0.25, 0.3) is 0 Å². The molecule has 0 bridgehead atoms. The van der Waals surface area contributed by atoms with Gasteiger partial charge in [0.1, 0.15) is 0 Å². The summed E-state index contributed by atoms with van der Waals surface area (Å²) in [5.41, 5.74) is 2.87. The molecule has 2 aromatic carbocycles. The summed E-state index contributed by atoms with van der Waals surface area (Å²) < 4.78 is 1.92. The Balaban J connectivity index is 1.71. The van der Waals surface area contributed by atoms with E-state index >= 15 is 0 Å². The van der Waals surface area contributed by atoms with Crippen LogP contribution in [0, 0.1) is 6.92 Å². The fraction of sp³-hybridized carbons (Fsp3) is 0.423. The number of carbonyl (C=O) groups excluding carboxylic acids is 1. The molecule has 3 rings (SSSR count). The van der Waals surface area contributed by atoms with Gasteiger partial charge in [0.2, 0.25) is 5.91 Å². The van der Waals surface area contributed by atoms with E-state index in [1.54, 1.807) is 12.1 Å². The van der Waals surface area contributed by atoms with Crippen LogP contribution in [0.15, 0.2) is 47.6 Å². The SMILES string of the molecule is CCN(CC)CCCC(C)NC(=O)CSc1nnc(-c2ccc(C)cc2)n1-c1ccc(Cl)c(Cl)c1. The molecule has 1 heterocycles. The second-order valence-corrected chi connectivity index (χ2v) is 10.3. The summed E-state index contributed by atoms with van der Waals surface area (Å²) in [6.45, 7) is 11.6. The molecule has 35 heavy (non-hydrogen) atoms. The molecular formula is C26H33Cl2N5OS. The van der Waals surface area contributed by atoms with Gasteiger partial charge in [0.05, 0.1) is 21.5 Å². The molecule has 9 heteroatoms. The van der Waals surface area contributed by atoms with Crippen molar-refractivity contribution in [3.05, 3.63) is 58.1 Å². The van der Waals surface area contributed by atoms with Gasteiger partial charge in [-0.3, -0.25) is 9.36 Å². The molecule has 1 unspecified atom stereocenters. The number of carbonyl (C=O) groups is 1. The summed E-state index contributed by atoms with van der Waals surface area (Å²) in [5, 5.41) is 13.5. The molecule has 0 aliphatic heterocycles. The first kappa shape index (κ1) is 27.5. The average Bonchev–Trinajstić information content (AvgIpc) is 3.26. The number of thioether (sulfide) groups is 1. The molecule has 0 spiro atoms. The first-order valence-electron chi connectivity index (χ1n) is 11.9. The molecule has 0 fully saturated rings. The van der Waals surface area contributed by atoms with Crippen molar-refractivity contribution in [1.82, 2.24) is 25.0 Å². The van der Waals surface area contributed by atoms with Crippen LogP contribution in [-0.4, -0.2) is 57.0 Å². The number of nitrogens with zero attached hydrogens (tertiary/aromatic N) is 4. The summed E-state index contributed by atoms with van der Waals surface area (Å²) in [6.07, 6.45) is 2.01. The van der Waals surface area contributed by atoms with Crippen molar-refractivity contribution < 1.29 is 4.79 Å². The summed E-state index contributed by atoms with van der Waals surface area (Å²) in [5.74, 6) is 0.898. The molecule has 1 N–H and O–H groups in total. The highest BCUT2D eigenvalue weighted by Crippen LogP contribution is 2.31. The van der Waals surface area contributed by atoms with E-state index in [2.05, 4.69) is 41.2 Å². The summed E-state index contributed by atoms with van der Waals surface area (Å²) in [7, 11) is 0. The highest BCUT2D eigenvalue weighted by atomic mass is 35.5. The fourth-order valence-electron chi connectivity index (χ4n) is 3.79. The largest absolute Gasteiger partial charge is 0.353 e. The third-order valence-corrected chi connectivity index (χ3v) is 7.52. The van der Waals surface area contributed by atoms with Gasteiger partial charge in [-0.25, -0.2) is 0 Å². The van der Waals surface area contributed by atoms with E-state index < -0.39 is 0 Å². The van der Waals surface area contributed by atoms with Crippen LogP contribution in [-0.2, 0) is 4.79 Å². The zero-order chi connectivity index (χ0) is 25.4. The zero-order valence-corrected chi connectivity index (χ0v) is 23.1. The second kappa shape index (κ2) is 13.3. The number of rotatable bonds is 12. The van der Waals surface area contributed by atoms with Crippen LogP contribution in [0.2, 0.25) is 10.0 Å². The minimum Gasteiger partial charge on any atom is -0.353 e. The maximum Gasteiger partial charge on any atom is 0.230 e. The number of benzene rings is 2. The number of amides is 1. The first-order chi connectivity index (χ1) is 16.8. The van der Waals surface area contributed by atoms with Crippen LogP contribution in [0.3, 0.4) is 0 Å². The minimum atomic E-state index is -0.0223. The lowest BCUT2D eigenvalue weighted by molar-refractivity contribution is -0.119. The van der Waals surface area contributed by atoms with E-state index in [1.165, 1.54) is 11.8 Å². The lowest BCUT2D eigenvalue weighted by atomic mass is 10.1. The Bertz CT molecular complexity index is 1120. The maximum atomic E-state index is 12.7. The third kappa shape index (κ3) is 7.71. The molecule has 1 amide bonds. The molecule has 0 radical (unpaired) electrons. The number of hydrogen-bond acceptors (Lipinski definition) is 5. The Morgan fingerprint density at radius 2 is 1.80 bits per heavy atom. The summed E-state index contributed by atoms with van der Waals surface area (Å²) >= 11 is 13.8. The van der Waals surface area contributed by atoms with Crippen molar-refractivity contribution in [2.24, 2.45) is 0 Å². The normalized spacial score (nSPS) is 12.2. The van der Waals surface area contributed by atoms with Crippen molar-refractivity contribution in [3.8, 4) is 17.1 Å². The Morgan fingerprint density at radius 1 is 1.09 bits per heavy atom. The second-order valence-electron chi connectivity index (χ2n) is 8.53. The predicted octanol–water partition coefficient (Wildman–Crippen LogP) is 6.27. The first-order valence-corrected chi connectivity index (χ1v) is 13.7. The van der Waals surface area contributed by atoms with Crippen LogP contribution in [0.5, 0.6) is 0 Å². The number of hydrogen-bond donors (Lipinski definition) is 1. The molecule has 3 aromatic rings. The monoisotopic (exact) mass is 533 g/mol. The highest BCUT2D eigenvalue weighted by molar-refractivity contribution is 7.99. The smallest absolute Gasteiger partial charge is 0.230 e. The molecular weight excluding hydrogens is 501 g/mol. The third-order valence-electron chi connectivity index (χ3n) is 5.85. The van der Waals surface area contributed by atoms with Gasteiger partial charge in [-0.05, 0) is 64.5 Å². The lowest BCUT2D eigenvalue weighted by Crippen LogP contribution is -2.34. The molecule has 0 saturated carbocycles. The van der Waals surface area contributed by atoms with Gasteiger partial charge >= 0.3 is 0 Å². The zero-order valence-electron chi connectivity index (χ0n) is 20.7. The van der Waals surface area contributed by atoms with Gasteiger partial charge in [0, 0.05) is 11.6 Å². The molecule has 0 saturated heterocycles. The lowest BCUT2D eigenvalue weighted by Gasteiger charge is -2.19. The van der Waals surface area contributed by atoms with Crippen molar-refractivity contribution >= 4 is 40.9 Å². The Kier molecular flexibility index (Phi) is 10.5. The quantitative estimate of drug-likeness (QED) is 0.278. The van der Waals surface area contributed by atoms with Gasteiger partial charge < -0.3 is 10.2 Å². The van der Waals surface area contributed by atoms with Gasteiger partial charge in [0.15, 0.2) is 11.0 Å². The molecule has 1 aromatic heterocycles. The summed E-state index contributed by atoms with van der Waals surface area (Å²) in [6, 6.07) is 13.6. The van der Waals surface area contributed by atoms with Crippen LogP contribution in [0.1, 0.15) is 39.2 Å². The molecule has 6 nitrogen and oxygen atoms in total. The number of aryl methyl sites for hydroxylation is 1. The van der Waals surface area contributed by atoms with Crippen LogP contribution in [0.25, 0.3) is 17.1 Å². The van der Waals surface area contributed by atoms with Crippen molar-refractivity contribution in [2.75, 3.05) is 25.4 Å². The Hall–Kier alpha value is -2.06. The Labute approximate surface area is 222 Å². The number of aromatic nitrogens is 3. The standard InChI is InChI=1S/C26H33Cl2N5OS/c1-5-32(6-2)15-7-8-19(4)29-24(34)17-35-26-31-30-25(20-11-9-18(3)10-12-20)33(26)21-13-14-22(27)23(28)16-21/h9-14,16,19H,5-8,15,17H2,1-4H3,(H,29,34). The molecule has 0 aliphatic rings. The van der Waals surface area contributed by atoms with E-state index in [0.29, 0.717) is 21.0 Å². The topological polar surface area (TPSA) is 63.1 Å². The molecule has 188 valence electrons. The van der Waals surface area contributed by atoms with E-state index in [1.807, 2.05) is 41.8 Å². The minimum absolute atomic E-state index is 0.0223. The highest BCUT2D eigenvalue weighted by Gasteiger charge is 2.18. The van der Waals surface area contributed by atoms with E-state index in [4.69, 9.17) is 23.2 Å². The van der Waals surface area contributed by atoms with Crippen molar-refractivity contribution in [1.29, 1.82) is 0 Å².